The molecule has 0 atom stereocenters. The molecule has 0 amide bonds. The molecule has 0 bridgehead atoms. The summed E-state index contributed by atoms with van der Waals surface area (Å²) in [5, 5.41) is 3.13. The van der Waals surface area contributed by atoms with Crippen LogP contribution < -0.4 is 0 Å². The van der Waals surface area contributed by atoms with Crippen molar-refractivity contribution in [3.05, 3.63) is 20.6 Å². The Hall–Kier alpha value is 0.854. The van der Waals surface area contributed by atoms with E-state index < -0.39 is 0 Å². The topological polar surface area (TPSA) is 0 Å². The predicted octanol–water partition coefficient (Wildman–Crippen LogP) is 3.93. The van der Waals surface area contributed by atoms with E-state index in [1.807, 2.05) is 0 Å². The quantitative estimate of drug-likeness (QED) is 0.479. The van der Waals surface area contributed by atoms with Gasteiger partial charge in [-0.15, -0.1) is 0 Å². The van der Waals surface area contributed by atoms with Crippen LogP contribution >= 0.6 is 0 Å². The van der Waals surface area contributed by atoms with Crippen LogP contribution in [0.3, 0.4) is 0 Å². The monoisotopic (exact) mass is 350 g/mol. The van der Waals surface area contributed by atoms with Gasteiger partial charge in [-0.05, 0) is 10.8 Å². The van der Waals surface area contributed by atoms with Crippen LogP contribution in [-0.4, -0.2) is 0 Å². The Bertz CT molecular complexity index is 229. The summed E-state index contributed by atoms with van der Waals surface area (Å²) in [4.78, 5) is 1.71. The summed E-state index contributed by atoms with van der Waals surface area (Å²) in [6, 6.07) is 0. The SMILES string of the molecule is CC(C)(C)/C([S-])=C/[S-].CC(C)(C)/C([S-])=C/[S-].[Ni]. The van der Waals surface area contributed by atoms with Crippen molar-refractivity contribution in [3.63, 3.8) is 0 Å². The van der Waals surface area contributed by atoms with E-state index in [4.69, 9.17) is 25.3 Å². The summed E-state index contributed by atoms with van der Waals surface area (Å²) in [6.07, 6.45) is 0. The van der Waals surface area contributed by atoms with E-state index in [9.17, 15) is 0 Å². The van der Waals surface area contributed by atoms with Gasteiger partial charge in [0, 0.05) is 16.5 Å². The molecule has 0 nitrogen and oxygen atoms in total. The van der Waals surface area contributed by atoms with Gasteiger partial charge in [0.15, 0.2) is 0 Å². The second-order valence-corrected chi connectivity index (χ2v) is 6.82. The molecule has 0 aliphatic heterocycles. The first-order valence-electron chi connectivity index (χ1n) is 4.96. The molecule has 0 aliphatic carbocycles. The minimum absolute atomic E-state index is 0. The molecule has 0 aliphatic rings. The third kappa shape index (κ3) is 13.1. The van der Waals surface area contributed by atoms with Crippen molar-refractivity contribution >= 4 is 50.5 Å². The largest absolute Gasteiger partial charge is 0.789 e. The minimum Gasteiger partial charge on any atom is -0.789 e. The van der Waals surface area contributed by atoms with Gasteiger partial charge in [0.2, 0.25) is 0 Å². The van der Waals surface area contributed by atoms with Crippen LogP contribution in [-0.2, 0) is 67.0 Å². The molecular formula is C12H20NiS4-4. The van der Waals surface area contributed by atoms with Crippen LogP contribution in [0.25, 0.3) is 0 Å². The van der Waals surface area contributed by atoms with E-state index in [1.54, 1.807) is 10.8 Å². The minimum atomic E-state index is 0. The van der Waals surface area contributed by atoms with Gasteiger partial charge >= 0.3 is 0 Å². The molecule has 0 saturated heterocycles. The molecule has 0 heterocycles. The number of hydrogen-bond acceptors (Lipinski definition) is 4. The maximum Gasteiger partial charge on any atom is 0 e. The van der Waals surface area contributed by atoms with Gasteiger partial charge < -0.3 is 50.5 Å². The average molecular weight is 351 g/mol. The summed E-state index contributed by atoms with van der Waals surface area (Å²) in [5.41, 5.74) is 0.161. The van der Waals surface area contributed by atoms with E-state index in [-0.39, 0.29) is 27.3 Å². The van der Waals surface area contributed by atoms with Crippen molar-refractivity contribution in [3.8, 4) is 0 Å². The molecule has 0 unspecified atom stereocenters. The molecule has 17 heavy (non-hydrogen) atoms. The molecular weight excluding hydrogens is 331 g/mol. The summed E-state index contributed by atoms with van der Waals surface area (Å²) < 4.78 is 0. The van der Waals surface area contributed by atoms with Gasteiger partial charge in [0.05, 0.1) is 0 Å². The molecule has 0 fully saturated rings. The second-order valence-electron chi connectivity index (χ2n) is 5.46. The van der Waals surface area contributed by atoms with Crippen LogP contribution in [0.5, 0.6) is 0 Å². The van der Waals surface area contributed by atoms with Crippen molar-refractivity contribution in [2.75, 3.05) is 0 Å². The second kappa shape index (κ2) is 9.74. The fraction of sp³-hybridized carbons (Fsp3) is 0.667. The first-order chi connectivity index (χ1) is 6.96. The number of rotatable bonds is 0. The summed E-state index contributed by atoms with van der Waals surface area (Å²) in [6.45, 7) is 12.3. The zero-order valence-corrected chi connectivity index (χ0v) is 15.4. The third-order valence-electron chi connectivity index (χ3n) is 1.69. The molecule has 5 heteroatoms. The van der Waals surface area contributed by atoms with E-state index in [1.165, 1.54) is 0 Å². The Labute approximate surface area is 139 Å². The first-order valence-corrected chi connectivity index (χ1v) is 6.72. The van der Waals surface area contributed by atoms with Crippen molar-refractivity contribution < 1.29 is 16.5 Å². The van der Waals surface area contributed by atoms with Crippen molar-refractivity contribution in [2.24, 2.45) is 10.8 Å². The molecule has 106 valence electrons. The molecule has 0 aromatic carbocycles. The van der Waals surface area contributed by atoms with E-state index in [2.05, 4.69) is 66.8 Å². The van der Waals surface area contributed by atoms with E-state index in [0.717, 1.165) is 9.81 Å². The zero-order chi connectivity index (χ0) is 13.6. The third-order valence-corrected chi connectivity index (χ3v) is 3.92. The van der Waals surface area contributed by atoms with Crippen LogP contribution in [0.1, 0.15) is 41.5 Å². The van der Waals surface area contributed by atoms with Gasteiger partial charge in [-0.3, -0.25) is 0 Å². The summed E-state index contributed by atoms with van der Waals surface area (Å²) >= 11 is 19.2. The zero-order valence-electron chi connectivity index (χ0n) is 11.1. The van der Waals surface area contributed by atoms with Crippen LogP contribution in [0.4, 0.5) is 0 Å². The van der Waals surface area contributed by atoms with Crippen molar-refractivity contribution in [1.82, 2.24) is 0 Å². The smallest absolute Gasteiger partial charge is 0 e. The van der Waals surface area contributed by atoms with Crippen molar-refractivity contribution in [1.29, 1.82) is 0 Å². The first kappa shape index (κ1) is 23.0. The normalized spacial score (nSPS) is 13.3. The Morgan fingerprint density at radius 1 is 0.706 bits per heavy atom. The maximum absolute atomic E-state index is 4.93. The van der Waals surface area contributed by atoms with Gasteiger partial charge in [0.25, 0.3) is 0 Å². The van der Waals surface area contributed by atoms with Crippen molar-refractivity contribution in [2.45, 2.75) is 41.5 Å². The molecule has 0 aromatic heterocycles. The molecule has 0 N–H and O–H groups in total. The number of hydrogen-bond donors (Lipinski definition) is 0. The summed E-state index contributed by atoms with van der Waals surface area (Å²) in [7, 11) is 0. The Morgan fingerprint density at radius 3 is 0.882 bits per heavy atom. The summed E-state index contributed by atoms with van der Waals surface area (Å²) in [5.74, 6) is 0. The van der Waals surface area contributed by atoms with Gasteiger partial charge in [-0.2, -0.15) is 0 Å². The number of allylic oxidation sites excluding steroid dienone is 2. The fourth-order valence-electron chi connectivity index (χ4n) is 0.354. The van der Waals surface area contributed by atoms with Gasteiger partial charge in [-0.25, -0.2) is 20.6 Å². The van der Waals surface area contributed by atoms with Gasteiger partial charge in [0.1, 0.15) is 0 Å². The average Bonchev–Trinajstić information content (AvgIpc) is 2.13. The fourth-order valence-corrected chi connectivity index (χ4v) is 1.06. The van der Waals surface area contributed by atoms with E-state index in [0.29, 0.717) is 0 Å². The van der Waals surface area contributed by atoms with E-state index >= 15 is 0 Å². The van der Waals surface area contributed by atoms with Crippen LogP contribution in [0.2, 0.25) is 0 Å². The predicted molar refractivity (Wildman–Crippen MR) is 84.5 cm³/mol. The molecule has 0 rings (SSSR count). The standard InChI is InChI=1S/2C6H12S2.Ni/c2*1-6(2,3)5(8)4-7;/h2*4,7-8H,1-3H3;/p-4/b2*5-4-;. The molecule has 0 aromatic rings. The molecule has 0 spiro atoms. The maximum atomic E-state index is 4.93. The molecule has 0 radical (unpaired) electrons. The van der Waals surface area contributed by atoms with Crippen LogP contribution in [0, 0.1) is 10.8 Å². The Kier molecular flexibility index (Phi) is 13.2. The van der Waals surface area contributed by atoms with Crippen LogP contribution in [0.15, 0.2) is 20.6 Å². The Morgan fingerprint density at radius 2 is 0.882 bits per heavy atom. The molecule has 0 saturated carbocycles. The Balaban J connectivity index is -0.000000218. The van der Waals surface area contributed by atoms with Gasteiger partial charge in [-0.1, -0.05) is 41.5 Å².